The van der Waals surface area contributed by atoms with Gasteiger partial charge in [0.05, 0.1) is 17.1 Å². The number of ether oxygens (including phenoxy) is 1. The van der Waals surface area contributed by atoms with Gasteiger partial charge in [-0.25, -0.2) is 13.2 Å². The Balaban J connectivity index is 1.48. The van der Waals surface area contributed by atoms with Crippen LogP contribution in [0.5, 0.6) is 0 Å². The van der Waals surface area contributed by atoms with Crippen LogP contribution < -0.4 is 0 Å². The number of aromatic nitrogens is 2. The van der Waals surface area contributed by atoms with Gasteiger partial charge in [0.25, 0.3) is 0 Å². The van der Waals surface area contributed by atoms with E-state index in [4.69, 9.17) is 4.74 Å². The molecule has 0 saturated heterocycles. The molecule has 1 amide bonds. The van der Waals surface area contributed by atoms with Gasteiger partial charge in [-0.2, -0.15) is 0 Å². The molecule has 32 heavy (non-hydrogen) atoms. The van der Waals surface area contributed by atoms with Crippen molar-refractivity contribution in [3.8, 4) is 0 Å². The highest BCUT2D eigenvalue weighted by Gasteiger charge is 2.25. The van der Waals surface area contributed by atoms with E-state index in [1.807, 2.05) is 68.2 Å². The van der Waals surface area contributed by atoms with Crippen LogP contribution in [0.4, 0.5) is 4.79 Å². The van der Waals surface area contributed by atoms with Crippen LogP contribution >= 0.6 is 0 Å². The predicted molar refractivity (Wildman–Crippen MR) is 124 cm³/mol. The molecular weight excluding hydrogens is 426 g/mol. The zero-order valence-corrected chi connectivity index (χ0v) is 19.5. The average Bonchev–Trinajstić information content (AvgIpc) is 3.34. The Hall–Kier alpha value is -3.13. The molecule has 0 saturated carbocycles. The molecule has 168 valence electrons. The van der Waals surface area contributed by atoms with Gasteiger partial charge < -0.3 is 9.30 Å². The second-order valence-electron chi connectivity index (χ2n) is 9.05. The third-order valence-corrected chi connectivity index (χ3v) is 6.37. The van der Waals surface area contributed by atoms with Gasteiger partial charge in [0.1, 0.15) is 5.60 Å². The van der Waals surface area contributed by atoms with Gasteiger partial charge in [-0.15, -0.1) is 0 Å². The largest absolute Gasteiger partial charge is 0.443 e. The first kappa shape index (κ1) is 22.1. The number of carbonyl (C=O) groups excluding carboxylic acids is 1. The number of carbonyl (C=O) groups is 1. The molecule has 0 fully saturated rings. The van der Waals surface area contributed by atoms with Crippen molar-refractivity contribution in [1.29, 1.82) is 0 Å². The minimum atomic E-state index is -3.23. The summed E-state index contributed by atoms with van der Waals surface area (Å²) in [6, 6.07) is 11.1. The zero-order valence-electron chi connectivity index (χ0n) is 18.7. The quantitative estimate of drug-likeness (QED) is 0.582. The number of fused-ring (bicyclic) bond motifs is 1. The molecule has 3 aromatic rings. The summed E-state index contributed by atoms with van der Waals surface area (Å²) < 4.78 is 31.0. The van der Waals surface area contributed by atoms with Gasteiger partial charge in [0.15, 0.2) is 9.84 Å². The van der Waals surface area contributed by atoms with E-state index in [0.29, 0.717) is 18.0 Å². The molecular formula is C24H27N3O4S. The summed E-state index contributed by atoms with van der Waals surface area (Å²) in [4.78, 5) is 18.8. The van der Waals surface area contributed by atoms with Gasteiger partial charge in [-0.3, -0.25) is 9.88 Å². The molecule has 0 bridgehead atoms. The second kappa shape index (κ2) is 8.09. The number of pyridine rings is 1. The topological polar surface area (TPSA) is 81.5 Å². The molecule has 0 N–H and O–H groups in total. The fourth-order valence-corrected chi connectivity index (χ4v) is 4.33. The van der Waals surface area contributed by atoms with Crippen LogP contribution in [0.2, 0.25) is 0 Å². The lowest BCUT2D eigenvalue weighted by molar-refractivity contribution is 0.0349. The third-order valence-electron chi connectivity index (χ3n) is 5.26. The van der Waals surface area contributed by atoms with E-state index >= 15 is 0 Å². The van der Waals surface area contributed by atoms with Crippen molar-refractivity contribution >= 4 is 32.4 Å². The van der Waals surface area contributed by atoms with Crippen LogP contribution in [0, 0.1) is 0 Å². The number of sulfone groups is 1. The molecule has 7 nitrogen and oxygen atoms in total. The van der Waals surface area contributed by atoms with Crippen LogP contribution in [-0.4, -0.2) is 47.4 Å². The summed E-state index contributed by atoms with van der Waals surface area (Å²) in [6.45, 7) is 6.73. The summed E-state index contributed by atoms with van der Waals surface area (Å²) in [7, 11) is -3.23. The molecule has 8 heteroatoms. The molecule has 1 aliphatic rings. The minimum absolute atomic E-state index is 0.315. The van der Waals surface area contributed by atoms with Gasteiger partial charge >= 0.3 is 6.09 Å². The lowest BCUT2D eigenvalue weighted by atomic mass is 10.1. The van der Waals surface area contributed by atoms with Crippen molar-refractivity contribution in [3.63, 3.8) is 0 Å². The number of rotatable bonds is 4. The van der Waals surface area contributed by atoms with E-state index in [1.165, 1.54) is 6.26 Å². The van der Waals surface area contributed by atoms with E-state index in [9.17, 15) is 13.2 Å². The molecule has 1 aliphatic heterocycles. The molecule has 2 aromatic heterocycles. The zero-order chi connectivity index (χ0) is 23.1. The van der Waals surface area contributed by atoms with Crippen LogP contribution in [-0.2, 0) is 21.1 Å². The Morgan fingerprint density at radius 1 is 1.16 bits per heavy atom. The lowest BCUT2D eigenvalue weighted by Crippen LogP contribution is -2.32. The van der Waals surface area contributed by atoms with Crippen molar-refractivity contribution < 1.29 is 17.9 Å². The number of hydrogen-bond donors (Lipinski definition) is 0. The first-order chi connectivity index (χ1) is 15.0. The summed E-state index contributed by atoms with van der Waals surface area (Å²) in [5, 5.41) is 0.878. The highest BCUT2D eigenvalue weighted by molar-refractivity contribution is 7.90. The first-order valence-electron chi connectivity index (χ1n) is 10.4. The molecule has 1 aromatic carbocycles. The Kier molecular flexibility index (Phi) is 5.58. The first-order valence-corrected chi connectivity index (χ1v) is 12.3. The average molecular weight is 454 g/mol. The van der Waals surface area contributed by atoms with Gasteiger partial charge in [0.2, 0.25) is 0 Å². The van der Waals surface area contributed by atoms with Gasteiger partial charge in [-0.05, 0) is 68.7 Å². The van der Waals surface area contributed by atoms with Crippen LogP contribution in [0.1, 0.15) is 38.4 Å². The number of amides is 1. The van der Waals surface area contributed by atoms with Crippen molar-refractivity contribution in [2.75, 3.05) is 12.8 Å². The molecule has 3 heterocycles. The van der Waals surface area contributed by atoms with Crippen molar-refractivity contribution in [2.24, 2.45) is 0 Å². The van der Waals surface area contributed by atoms with Crippen LogP contribution in [0.15, 0.2) is 59.9 Å². The Morgan fingerprint density at radius 2 is 1.94 bits per heavy atom. The minimum Gasteiger partial charge on any atom is -0.443 e. The number of benzene rings is 1. The summed E-state index contributed by atoms with van der Waals surface area (Å²) >= 11 is 0. The maximum atomic E-state index is 12.3. The highest BCUT2D eigenvalue weighted by atomic mass is 32.2. The summed E-state index contributed by atoms with van der Waals surface area (Å²) in [5.41, 5.74) is 3.35. The molecule has 0 unspecified atom stereocenters. The molecule has 0 radical (unpaired) electrons. The predicted octanol–water partition coefficient (Wildman–Crippen LogP) is 4.47. The Morgan fingerprint density at radius 3 is 2.59 bits per heavy atom. The Labute approximate surface area is 188 Å². The van der Waals surface area contributed by atoms with Crippen LogP contribution in [0.25, 0.3) is 16.5 Å². The monoisotopic (exact) mass is 453 g/mol. The number of nitrogens with zero attached hydrogens (tertiary/aromatic N) is 3. The third kappa shape index (κ3) is 4.85. The summed E-state index contributed by atoms with van der Waals surface area (Å²) in [6.07, 6.45) is 7.23. The molecule has 0 aliphatic carbocycles. The van der Waals surface area contributed by atoms with Crippen molar-refractivity contribution in [3.05, 3.63) is 66.2 Å². The van der Waals surface area contributed by atoms with Gasteiger partial charge in [-0.1, -0.05) is 6.07 Å². The maximum absolute atomic E-state index is 12.3. The van der Waals surface area contributed by atoms with Crippen molar-refractivity contribution in [1.82, 2.24) is 14.5 Å². The normalized spacial score (nSPS) is 14.6. The van der Waals surface area contributed by atoms with Crippen molar-refractivity contribution in [2.45, 2.75) is 44.2 Å². The molecule has 0 spiro atoms. The second-order valence-corrected chi connectivity index (χ2v) is 11.1. The van der Waals surface area contributed by atoms with E-state index in [2.05, 4.69) is 4.98 Å². The Bertz CT molecular complexity index is 1300. The number of hydrogen-bond acceptors (Lipinski definition) is 5. The fraction of sp³-hybridized carbons (Fsp3) is 0.333. The van der Waals surface area contributed by atoms with E-state index in [0.717, 1.165) is 34.2 Å². The molecule has 4 rings (SSSR count). The lowest BCUT2D eigenvalue weighted by Gasteiger charge is -2.23. The smallest absolute Gasteiger partial charge is 0.414 e. The van der Waals surface area contributed by atoms with E-state index < -0.39 is 15.4 Å². The molecule has 0 atom stereocenters. The summed E-state index contributed by atoms with van der Waals surface area (Å²) in [5.74, 6) is 0. The highest BCUT2D eigenvalue weighted by Crippen LogP contribution is 2.26. The standard InChI is InChI=1S/C24H27N3O4S/c1-24(2,3)31-23(28)27-12-10-19(15-27)18-5-6-20(25-14-18)16-26-11-9-17-13-21(32(4,29)30)7-8-22(17)26/h5-9,11,13-15H,10,12,16H2,1-4H3. The van der Waals surface area contributed by atoms with E-state index in [1.54, 1.807) is 17.0 Å². The SMILES string of the molecule is CC(C)(C)OC(=O)N1C=C(c2ccc(Cn3ccc4cc(S(C)(=O)=O)ccc43)nc2)CC1. The fourth-order valence-electron chi connectivity index (χ4n) is 3.67. The van der Waals surface area contributed by atoms with E-state index in [-0.39, 0.29) is 6.09 Å². The maximum Gasteiger partial charge on any atom is 0.414 e. The van der Waals surface area contributed by atoms with Gasteiger partial charge in [0, 0.05) is 42.3 Å². The van der Waals surface area contributed by atoms with Crippen LogP contribution in [0.3, 0.4) is 0 Å².